The highest BCUT2D eigenvalue weighted by molar-refractivity contribution is 5.95. The summed E-state index contributed by atoms with van der Waals surface area (Å²) in [5, 5.41) is 5.04. The second-order valence-electron chi connectivity index (χ2n) is 6.57. The topological polar surface area (TPSA) is 85.1 Å². The molecule has 0 saturated carbocycles. The van der Waals surface area contributed by atoms with E-state index in [1.165, 1.54) is 22.9 Å². The molecule has 150 valence electrons. The number of benzene rings is 2. The maximum Gasteiger partial charge on any atom is 0.295 e. The Kier molecular flexibility index (Phi) is 5.92. The van der Waals surface area contributed by atoms with Crippen LogP contribution in [0.25, 0.3) is 5.69 Å². The summed E-state index contributed by atoms with van der Waals surface area (Å²) in [5.74, 6) is -1.37. The summed E-state index contributed by atoms with van der Waals surface area (Å²) in [6.07, 6.45) is -0.0454. The molecule has 0 fully saturated rings. The number of halogens is 1. The minimum absolute atomic E-state index is 0.0454. The molecule has 0 aliphatic rings. The van der Waals surface area contributed by atoms with Crippen molar-refractivity contribution >= 4 is 17.5 Å². The molecule has 0 aliphatic carbocycles. The Balaban J connectivity index is 1.65. The smallest absolute Gasteiger partial charge is 0.295 e. The SMILES string of the molecule is Cc1c(NC(=O)CNC(=O)Cc2cccc(F)c2)c(=O)n(-c2ccccc2)n1C. The van der Waals surface area contributed by atoms with Gasteiger partial charge in [-0.1, -0.05) is 30.3 Å². The Morgan fingerprint density at radius 1 is 1.03 bits per heavy atom. The second kappa shape index (κ2) is 8.55. The zero-order chi connectivity index (χ0) is 21.0. The van der Waals surface area contributed by atoms with Crippen molar-refractivity contribution in [3.8, 4) is 5.69 Å². The first kappa shape index (κ1) is 20.1. The van der Waals surface area contributed by atoms with E-state index in [1.54, 1.807) is 36.9 Å². The molecular formula is C21H21FN4O3. The molecule has 3 rings (SSSR count). The molecule has 0 atom stereocenters. The fourth-order valence-corrected chi connectivity index (χ4v) is 2.97. The van der Waals surface area contributed by atoms with Crippen LogP contribution in [0.5, 0.6) is 0 Å². The second-order valence-corrected chi connectivity index (χ2v) is 6.57. The lowest BCUT2D eigenvalue weighted by Crippen LogP contribution is -2.34. The minimum atomic E-state index is -0.524. The number of rotatable bonds is 6. The van der Waals surface area contributed by atoms with Gasteiger partial charge in [-0.05, 0) is 36.8 Å². The first-order chi connectivity index (χ1) is 13.9. The number of hydrogen-bond acceptors (Lipinski definition) is 3. The number of aromatic nitrogens is 2. The van der Waals surface area contributed by atoms with E-state index in [2.05, 4.69) is 10.6 Å². The van der Waals surface area contributed by atoms with Gasteiger partial charge in [0, 0.05) is 7.05 Å². The third kappa shape index (κ3) is 4.60. The zero-order valence-electron chi connectivity index (χ0n) is 16.1. The summed E-state index contributed by atoms with van der Waals surface area (Å²) in [7, 11) is 1.72. The van der Waals surface area contributed by atoms with E-state index in [1.807, 2.05) is 18.2 Å². The summed E-state index contributed by atoms with van der Waals surface area (Å²) >= 11 is 0. The molecule has 2 aromatic carbocycles. The molecule has 29 heavy (non-hydrogen) atoms. The van der Waals surface area contributed by atoms with Gasteiger partial charge < -0.3 is 10.6 Å². The Morgan fingerprint density at radius 2 is 1.76 bits per heavy atom. The van der Waals surface area contributed by atoms with Crippen LogP contribution in [0.15, 0.2) is 59.4 Å². The third-order valence-electron chi connectivity index (χ3n) is 4.52. The zero-order valence-corrected chi connectivity index (χ0v) is 16.1. The molecule has 0 unspecified atom stereocenters. The fourth-order valence-electron chi connectivity index (χ4n) is 2.97. The average Bonchev–Trinajstić information content (AvgIpc) is 2.90. The van der Waals surface area contributed by atoms with E-state index in [4.69, 9.17) is 0 Å². The van der Waals surface area contributed by atoms with E-state index in [0.717, 1.165) is 0 Å². The van der Waals surface area contributed by atoms with Crippen LogP contribution >= 0.6 is 0 Å². The molecule has 2 amide bonds. The lowest BCUT2D eigenvalue weighted by atomic mass is 10.1. The first-order valence-electron chi connectivity index (χ1n) is 9.02. The van der Waals surface area contributed by atoms with E-state index in [9.17, 15) is 18.8 Å². The molecule has 0 radical (unpaired) electrons. The van der Waals surface area contributed by atoms with Gasteiger partial charge in [0.2, 0.25) is 11.8 Å². The molecule has 0 bridgehead atoms. The standard InChI is InChI=1S/C21H21FN4O3/c1-14-20(21(29)26(25(14)2)17-9-4-3-5-10-17)24-19(28)13-23-18(27)12-15-7-6-8-16(22)11-15/h3-11H,12-13H2,1-2H3,(H,23,27)(H,24,28). The van der Waals surface area contributed by atoms with Gasteiger partial charge >= 0.3 is 0 Å². The van der Waals surface area contributed by atoms with E-state index in [-0.39, 0.29) is 24.2 Å². The molecule has 7 nitrogen and oxygen atoms in total. The summed E-state index contributed by atoms with van der Waals surface area (Å²) in [6, 6.07) is 14.8. The molecule has 0 aliphatic heterocycles. The Bertz CT molecular complexity index is 1100. The van der Waals surface area contributed by atoms with Crippen molar-refractivity contribution < 1.29 is 14.0 Å². The van der Waals surface area contributed by atoms with Crippen LogP contribution in [0.3, 0.4) is 0 Å². The van der Waals surface area contributed by atoms with Gasteiger partial charge in [0.1, 0.15) is 11.5 Å². The average molecular weight is 396 g/mol. The van der Waals surface area contributed by atoms with Gasteiger partial charge in [0.25, 0.3) is 5.56 Å². The lowest BCUT2D eigenvalue weighted by molar-refractivity contribution is -0.123. The van der Waals surface area contributed by atoms with Crippen LogP contribution < -0.4 is 16.2 Å². The van der Waals surface area contributed by atoms with Crippen LogP contribution in [-0.4, -0.2) is 27.7 Å². The summed E-state index contributed by atoms with van der Waals surface area (Å²) in [6.45, 7) is 1.42. The number of nitrogens with zero attached hydrogens (tertiary/aromatic N) is 2. The van der Waals surface area contributed by atoms with Crippen molar-refractivity contribution in [3.63, 3.8) is 0 Å². The minimum Gasteiger partial charge on any atom is -0.347 e. The van der Waals surface area contributed by atoms with E-state index < -0.39 is 17.6 Å². The summed E-state index contributed by atoms with van der Waals surface area (Å²) < 4.78 is 16.3. The highest BCUT2D eigenvalue weighted by Gasteiger charge is 2.18. The van der Waals surface area contributed by atoms with Gasteiger partial charge in [0.15, 0.2) is 0 Å². The Labute approximate surface area is 166 Å². The van der Waals surface area contributed by atoms with Gasteiger partial charge in [0.05, 0.1) is 24.3 Å². The number of para-hydroxylation sites is 1. The molecule has 1 aromatic heterocycles. The van der Waals surface area contributed by atoms with Crippen molar-refractivity contribution in [2.75, 3.05) is 11.9 Å². The number of anilines is 1. The van der Waals surface area contributed by atoms with Crippen LogP contribution in [0.4, 0.5) is 10.1 Å². The molecule has 1 heterocycles. The van der Waals surface area contributed by atoms with Crippen molar-refractivity contribution in [2.24, 2.45) is 7.05 Å². The van der Waals surface area contributed by atoms with Crippen LogP contribution in [-0.2, 0) is 23.1 Å². The Hall–Kier alpha value is -3.68. The summed E-state index contributed by atoms with van der Waals surface area (Å²) in [5.41, 5.74) is 1.55. The van der Waals surface area contributed by atoms with Crippen molar-refractivity contribution in [2.45, 2.75) is 13.3 Å². The highest BCUT2D eigenvalue weighted by atomic mass is 19.1. The molecule has 2 N–H and O–H groups in total. The number of nitrogens with one attached hydrogen (secondary N) is 2. The van der Waals surface area contributed by atoms with Gasteiger partial charge in [-0.25, -0.2) is 9.07 Å². The number of amides is 2. The maximum atomic E-state index is 13.2. The Morgan fingerprint density at radius 3 is 2.45 bits per heavy atom. The van der Waals surface area contributed by atoms with Crippen molar-refractivity contribution in [3.05, 3.63) is 82.0 Å². The van der Waals surface area contributed by atoms with Gasteiger partial charge in [-0.2, -0.15) is 0 Å². The molecule has 8 heteroatoms. The van der Waals surface area contributed by atoms with Crippen LogP contribution in [0.1, 0.15) is 11.3 Å². The quantitative estimate of drug-likeness (QED) is 0.668. The van der Waals surface area contributed by atoms with Crippen molar-refractivity contribution in [1.82, 2.24) is 14.7 Å². The molecule has 0 saturated heterocycles. The normalized spacial score (nSPS) is 10.6. The number of carbonyl (C=O) groups excluding carboxylic acids is 2. The van der Waals surface area contributed by atoms with E-state index in [0.29, 0.717) is 16.9 Å². The van der Waals surface area contributed by atoms with Crippen molar-refractivity contribution in [1.29, 1.82) is 0 Å². The largest absolute Gasteiger partial charge is 0.347 e. The fraction of sp³-hybridized carbons (Fsp3) is 0.190. The number of carbonyl (C=O) groups is 2. The first-order valence-corrected chi connectivity index (χ1v) is 9.02. The predicted molar refractivity (Wildman–Crippen MR) is 107 cm³/mol. The van der Waals surface area contributed by atoms with Crippen LogP contribution in [0.2, 0.25) is 0 Å². The molecule has 0 spiro atoms. The lowest BCUT2D eigenvalue weighted by Gasteiger charge is -2.07. The van der Waals surface area contributed by atoms with Gasteiger partial charge in [-0.3, -0.25) is 19.1 Å². The number of hydrogen-bond donors (Lipinski definition) is 2. The molecular weight excluding hydrogens is 375 g/mol. The monoisotopic (exact) mass is 396 g/mol. The highest BCUT2D eigenvalue weighted by Crippen LogP contribution is 2.13. The predicted octanol–water partition coefficient (Wildman–Crippen LogP) is 1.92. The van der Waals surface area contributed by atoms with Crippen LogP contribution in [0, 0.1) is 12.7 Å². The molecule has 3 aromatic rings. The summed E-state index contributed by atoms with van der Waals surface area (Å²) in [4.78, 5) is 37.0. The van der Waals surface area contributed by atoms with E-state index >= 15 is 0 Å². The van der Waals surface area contributed by atoms with Gasteiger partial charge in [-0.15, -0.1) is 0 Å². The third-order valence-corrected chi connectivity index (χ3v) is 4.52. The maximum absolute atomic E-state index is 13.2.